The van der Waals surface area contributed by atoms with Gasteiger partial charge in [-0.25, -0.2) is 0 Å². The maximum Gasteiger partial charge on any atom is 0.254 e. The van der Waals surface area contributed by atoms with E-state index in [9.17, 15) is 4.79 Å². The lowest BCUT2D eigenvalue weighted by atomic mass is 10.1. The minimum absolute atomic E-state index is 0.125. The Labute approximate surface area is 135 Å². The number of benzene rings is 1. The molecule has 2 aliphatic rings. The van der Waals surface area contributed by atoms with Gasteiger partial charge in [0, 0.05) is 43.1 Å². The minimum atomic E-state index is 0.125. The summed E-state index contributed by atoms with van der Waals surface area (Å²) < 4.78 is 5.74. The highest BCUT2D eigenvalue weighted by Gasteiger charge is 2.40. The molecule has 118 valence electrons. The summed E-state index contributed by atoms with van der Waals surface area (Å²) in [5.41, 5.74) is 1.80. The molecule has 0 spiro atoms. The number of nitrogens with one attached hydrogen (secondary N) is 1. The first-order valence-electron chi connectivity index (χ1n) is 7.96. The van der Waals surface area contributed by atoms with Crippen LogP contribution in [0, 0.1) is 0 Å². The third-order valence-corrected chi connectivity index (χ3v) is 4.57. The fourth-order valence-electron chi connectivity index (χ4n) is 3.31. The zero-order valence-electron chi connectivity index (χ0n) is 12.8. The van der Waals surface area contributed by atoms with Gasteiger partial charge >= 0.3 is 0 Å². The molecule has 5 nitrogen and oxygen atoms in total. The number of nitrogens with zero attached hydrogens (tertiary/aromatic N) is 2. The number of piperazine rings is 1. The Kier molecular flexibility index (Phi) is 3.71. The summed E-state index contributed by atoms with van der Waals surface area (Å²) in [6, 6.07) is 12.1. The number of aromatic nitrogens is 1. The molecule has 1 aromatic carbocycles. The molecule has 5 heteroatoms. The average molecular weight is 309 g/mol. The van der Waals surface area contributed by atoms with Crippen LogP contribution in [0.1, 0.15) is 22.3 Å². The molecule has 2 saturated heterocycles. The molecular weight excluding hydrogens is 290 g/mol. The van der Waals surface area contributed by atoms with E-state index >= 15 is 0 Å². The highest BCUT2D eigenvalue weighted by atomic mass is 16.5. The smallest absolute Gasteiger partial charge is 0.254 e. The van der Waals surface area contributed by atoms with Gasteiger partial charge < -0.3 is 15.0 Å². The standard InChI is InChI=1S/C18H19N3O2/c22-18(21-11-15-9-16(21)10-20-15)14-1-3-17(4-2-14)23-12-13-5-7-19-8-6-13/h1-8,15-16,20H,9-12H2/t15-,16-/m0/s1. The van der Waals surface area contributed by atoms with Crippen LogP contribution in [-0.2, 0) is 6.61 Å². The molecule has 2 atom stereocenters. The van der Waals surface area contributed by atoms with Crippen LogP contribution in [0.2, 0.25) is 0 Å². The number of amides is 1. The Morgan fingerprint density at radius 2 is 2.00 bits per heavy atom. The Hall–Kier alpha value is -2.40. The quantitative estimate of drug-likeness (QED) is 0.936. The predicted molar refractivity (Wildman–Crippen MR) is 86.2 cm³/mol. The lowest BCUT2D eigenvalue weighted by molar-refractivity contribution is 0.0716. The minimum Gasteiger partial charge on any atom is -0.489 e. The van der Waals surface area contributed by atoms with E-state index < -0.39 is 0 Å². The van der Waals surface area contributed by atoms with E-state index in [-0.39, 0.29) is 5.91 Å². The third kappa shape index (κ3) is 2.92. The summed E-state index contributed by atoms with van der Waals surface area (Å²) in [7, 11) is 0. The van der Waals surface area contributed by atoms with E-state index in [0.29, 0.717) is 18.7 Å². The van der Waals surface area contributed by atoms with E-state index in [2.05, 4.69) is 10.3 Å². The molecule has 23 heavy (non-hydrogen) atoms. The molecule has 4 rings (SSSR count). The van der Waals surface area contributed by atoms with Crippen LogP contribution in [0.5, 0.6) is 5.75 Å². The molecule has 1 aromatic heterocycles. The van der Waals surface area contributed by atoms with Crippen molar-refractivity contribution in [3.05, 3.63) is 59.9 Å². The number of ether oxygens (including phenoxy) is 1. The van der Waals surface area contributed by atoms with Crippen molar-refractivity contribution < 1.29 is 9.53 Å². The van der Waals surface area contributed by atoms with Gasteiger partial charge in [-0.3, -0.25) is 9.78 Å². The van der Waals surface area contributed by atoms with Gasteiger partial charge in [-0.2, -0.15) is 0 Å². The fraction of sp³-hybridized carbons (Fsp3) is 0.333. The van der Waals surface area contributed by atoms with Crippen LogP contribution in [0.3, 0.4) is 0 Å². The lowest BCUT2D eigenvalue weighted by Crippen LogP contribution is -2.46. The molecule has 2 bridgehead atoms. The number of hydrogen-bond acceptors (Lipinski definition) is 4. The summed E-state index contributed by atoms with van der Waals surface area (Å²) in [5, 5.41) is 3.42. The maximum atomic E-state index is 12.6. The summed E-state index contributed by atoms with van der Waals surface area (Å²) in [4.78, 5) is 18.6. The van der Waals surface area contributed by atoms with Gasteiger partial charge in [0.1, 0.15) is 12.4 Å². The number of rotatable bonds is 4. The van der Waals surface area contributed by atoms with Gasteiger partial charge in [0.15, 0.2) is 0 Å². The molecule has 2 aromatic rings. The number of carbonyl (C=O) groups excluding carboxylic acids is 1. The van der Waals surface area contributed by atoms with Crippen LogP contribution in [0.4, 0.5) is 0 Å². The first-order chi connectivity index (χ1) is 11.3. The fourth-order valence-corrected chi connectivity index (χ4v) is 3.31. The second-order valence-corrected chi connectivity index (χ2v) is 6.12. The number of pyridine rings is 1. The first kappa shape index (κ1) is 14.2. The molecule has 2 fully saturated rings. The van der Waals surface area contributed by atoms with Crippen molar-refractivity contribution in [3.8, 4) is 5.75 Å². The van der Waals surface area contributed by atoms with Gasteiger partial charge in [0.25, 0.3) is 5.91 Å². The van der Waals surface area contributed by atoms with Crippen molar-refractivity contribution in [2.45, 2.75) is 25.1 Å². The topological polar surface area (TPSA) is 54.5 Å². The van der Waals surface area contributed by atoms with Crippen molar-refractivity contribution in [1.82, 2.24) is 15.2 Å². The first-order valence-corrected chi connectivity index (χ1v) is 7.96. The predicted octanol–water partition coefficient (Wildman–Crippen LogP) is 1.85. The molecule has 3 heterocycles. The van der Waals surface area contributed by atoms with Crippen LogP contribution in [-0.4, -0.2) is 41.0 Å². The van der Waals surface area contributed by atoms with E-state index in [4.69, 9.17) is 4.74 Å². The van der Waals surface area contributed by atoms with Crippen molar-refractivity contribution in [2.75, 3.05) is 13.1 Å². The Bertz CT molecular complexity index is 687. The van der Waals surface area contributed by atoms with Crippen LogP contribution < -0.4 is 10.1 Å². The van der Waals surface area contributed by atoms with Crippen molar-refractivity contribution >= 4 is 5.91 Å². The highest BCUT2D eigenvalue weighted by Crippen LogP contribution is 2.25. The van der Waals surface area contributed by atoms with E-state index in [0.717, 1.165) is 36.4 Å². The Balaban J connectivity index is 1.39. The Morgan fingerprint density at radius 1 is 1.22 bits per heavy atom. The van der Waals surface area contributed by atoms with Gasteiger partial charge in [-0.05, 0) is 48.4 Å². The molecule has 0 saturated carbocycles. The molecule has 2 aliphatic heterocycles. The summed E-state index contributed by atoms with van der Waals surface area (Å²) >= 11 is 0. The largest absolute Gasteiger partial charge is 0.489 e. The summed E-state index contributed by atoms with van der Waals surface area (Å²) in [6.45, 7) is 2.24. The molecule has 1 amide bonds. The van der Waals surface area contributed by atoms with Crippen molar-refractivity contribution in [2.24, 2.45) is 0 Å². The number of hydrogen-bond donors (Lipinski definition) is 1. The number of carbonyl (C=O) groups is 1. The number of fused-ring (bicyclic) bond motifs is 2. The van der Waals surface area contributed by atoms with Crippen molar-refractivity contribution in [3.63, 3.8) is 0 Å². The molecule has 0 unspecified atom stereocenters. The second kappa shape index (κ2) is 6.01. The van der Waals surface area contributed by atoms with E-state index in [1.54, 1.807) is 12.4 Å². The van der Waals surface area contributed by atoms with Gasteiger partial charge in [0.05, 0.1) is 0 Å². The van der Waals surface area contributed by atoms with E-state index in [1.165, 1.54) is 0 Å². The van der Waals surface area contributed by atoms with Gasteiger partial charge in [-0.15, -0.1) is 0 Å². The molecule has 0 radical (unpaired) electrons. The normalized spacial score (nSPS) is 22.3. The number of likely N-dealkylation sites (tertiary alicyclic amines) is 1. The lowest BCUT2D eigenvalue weighted by Gasteiger charge is -2.27. The molecule has 1 N–H and O–H groups in total. The zero-order chi connectivity index (χ0) is 15.6. The van der Waals surface area contributed by atoms with Gasteiger partial charge in [0.2, 0.25) is 0 Å². The molecular formula is C18H19N3O2. The zero-order valence-corrected chi connectivity index (χ0v) is 12.8. The average Bonchev–Trinajstić information content (AvgIpc) is 3.24. The summed E-state index contributed by atoms with van der Waals surface area (Å²) in [5.74, 6) is 0.891. The third-order valence-electron chi connectivity index (χ3n) is 4.57. The monoisotopic (exact) mass is 309 g/mol. The second-order valence-electron chi connectivity index (χ2n) is 6.12. The van der Waals surface area contributed by atoms with Crippen LogP contribution in [0.15, 0.2) is 48.8 Å². The summed E-state index contributed by atoms with van der Waals surface area (Å²) in [6.07, 6.45) is 4.58. The molecule has 0 aliphatic carbocycles. The van der Waals surface area contributed by atoms with Crippen LogP contribution >= 0.6 is 0 Å². The Morgan fingerprint density at radius 3 is 2.65 bits per heavy atom. The maximum absolute atomic E-state index is 12.6. The highest BCUT2D eigenvalue weighted by molar-refractivity contribution is 5.94. The SMILES string of the molecule is O=C(c1ccc(OCc2ccncc2)cc1)N1C[C@@H]2C[C@H]1CN2. The van der Waals surface area contributed by atoms with E-state index in [1.807, 2.05) is 41.3 Å². The van der Waals surface area contributed by atoms with Crippen molar-refractivity contribution in [1.29, 1.82) is 0 Å². The van der Waals surface area contributed by atoms with Gasteiger partial charge in [-0.1, -0.05) is 0 Å². The van der Waals surface area contributed by atoms with Crippen LogP contribution in [0.25, 0.3) is 0 Å².